The third-order valence-corrected chi connectivity index (χ3v) is 5.22. The van der Waals surface area contributed by atoms with E-state index in [1.807, 2.05) is 12.1 Å². The number of ether oxygens (including phenoxy) is 2. The van der Waals surface area contributed by atoms with Crippen molar-refractivity contribution in [2.24, 2.45) is 0 Å². The Kier molecular flexibility index (Phi) is 14.4. The molecule has 0 amide bonds. The van der Waals surface area contributed by atoms with Crippen LogP contribution >= 0.6 is 0 Å². The maximum Gasteiger partial charge on any atom is 0.513 e. The predicted octanol–water partition coefficient (Wildman–Crippen LogP) is 8.03. The van der Waals surface area contributed by atoms with Gasteiger partial charge in [0.2, 0.25) is 0 Å². The normalized spacial score (nSPS) is 10.8. The summed E-state index contributed by atoms with van der Waals surface area (Å²) in [7, 11) is 0. The first-order valence-electron chi connectivity index (χ1n) is 11.7. The number of hydrogen-bond acceptors (Lipinski definition) is 3. The molecule has 0 radical (unpaired) electrons. The fourth-order valence-corrected chi connectivity index (χ4v) is 3.50. The second-order valence-electron chi connectivity index (χ2n) is 7.78. The Hall–Kier alpha value is -1.51. The van der Waals surface area contributed by atoms with Crippen LogP contribution in [0.3, 0.4) is 0 Å². The van der Waals surface area contributed by atoms with E-state index in [1.165, 1.54) is 68.9 Å². The molecule has 0 heterocycles. The number of carbonyl (C=O) groups excluding carboxylic acids is 1. The van der Waals surface area contributed by atoms with Gasteiger partial charge in [-0.2, -0.15) is 0 Å². The SMILES string of the molecule is CCCCCCCCOC(=O)Oc1cccc(CCCCC)c1CCCCC. The van der Waals surface area contributed by atoms with Crippen molar-refractivity contribution in [3.8, 4) is 5.75 Å². The molecule has 0 aromatic heterocycles. The molecular formula is C25H42O3. The average molecular weight is 391 g/mol. The molecule has 0 N–H and O–H groups in total. The van der Waals surface area contributed by atoms with Gasteiger partial charge in [-0.3, -0.25) is 0 Å². The lowest BCUT2D eigenvalue weighted by atomic mass is 9.96. The molecule has 0 unspecified atom stereocenters. The highest BCUT2D eigenvalue weighted by molar-refractivity contribution is 5.65. The van der Waals surface area contributed by atoms with Crippen molar-refractivity contribution in [2.75, 3.05) is 6.61 Å². The van der Waals surface area contributed by atoms with Crippen molar-refractivity contribution in [3.05, 3.63) is 29.3 Å². The van der Waals surface area contributed by atoms with Gasteiger partial charge >= 0.3 is 6.16 Å². The topological polar surface area (TPSA) is 35.5 Å². The summed E-state index contributed by atoms with van der Waals surface area (Å²) in [5, 5.41) is 0. The number of carbonyl (C=O) groups is 1. The lowest BCUT2D eigenvalue weighted by Crippen LogP contribution is -2.13. The third kappa shape index (κ3) is 10.7. The zero-order chi connectivity index (χ0) is 20.5. The molecule has 3 heteroatoms. The molecule has 0 saturated heterocycles. The molecule has 1 rings (SSSR count). The van der Waals surface area contributed by atoms with Gasteiger partial charge in [-0.25, -0.2) is 4.79 Å². The molecule has 28 heavy (non-hydrogen) atoms. The first-order chi connectivity index (χ1) is 13.7. The Labute approximate surface area is 173 Å². The van der Waals surface area contributed by atoms with Crippen molar-refractivity contribution in [3.63, 3.8) is 0 Å². The number of rotatable bonds is 16. The van der Waals surface area contributed by atoms with Crippen LogP contribution in [0.4, 0.5) is 4.79 Å². The number of unbranched alkanes of at least 4 members (excludes halogenated alkanes) is 9. The Morgan fingerprint density at radius 2 is 1.36 bits per heavy atom. The smallest absolute Gasteiger partial charge is 0.434 e. The summed E-state index contributed by atoms with van der Waals surface area (Å²) in [5.74, 6) is 0.693. The Balaban J connectivity index is 2.56. The van der Waals surface area contributed by atoms with Crippen LogP contribution in [0.5, 0.6) is 5.75 Å². The van der Waals surface area contributed by atoms with Gasteiger partial charge in [-0.05, 0) is 49.3 Å². The molecule has 0 bridgehead atoms. The van der Waals surface area contributed by atoms with E-state index in [-0.39, 0.29) is 0 Å². The van der Waals surface area contributed by atoms with Crippen molar-refractivity contribution >= 4 is 6.16 Å². The summed E-state index contributed by atoms with van der Waals surface area (Å²) in [5.41, 5.74) is 2.52. The highest BCUT2D eigenvalue weighted by Gasteiger charge is 2.14. The van der Waals surface area contributed by atoms with Gasteiger partial charge in [0.15, 0.2) is 0 Å². The van der Waals surface area contributed by atoms with Gasteiger partial charge in [-0.1, -0.05) is 90.7 Å². The first kappa shape index (κ1) is 24.5. The fourth-order valence-electron chi connectivity index (χ4n) is 3.50. The van der Waals surface area contributed by atoms with E-state index in [1.54, 1.807) is 0 Å². The molecule has 0 aliphatic rings. The number of benzene rings is 1. The van der Waals surface area contributed by atoms with E-state index < -0.39 is 6.16 Å². The van der Waals surface area contributed by atoms with Crippen molar-refractivity contribution in [2.45, 2.75) is 111 Å². The quantitative estimate of drug-likeness (QED) is 0.163. The number of aryl methyl sites for hydroxylation is 1. The summed E-state index contributed by atoms with van der Waals surface area (Å²) in [6, 6.07) is 6.10. The maximum atomic E-state index is 12.2. The minimum Gasteiger partial charge on any atom is -0.434 e. The van der Waals surface area contributed by atoms with Crippen LogP contribution in [0.15, 0.2) is 18.2 Å². The first-order valence-corrected chi connectivity index (χ1v) is 11.7. The fraction of sp³-hybridized carbons (Fsp3) is 0.720. The lowest BCUT2D eigenvalue weighted by molar-refractivity contribution is 0.0969. The second kappa shape index (κ2) is 16.4. The van der Waals surface area contributed by atoms with E-state index in [0.29, 0.717) is 12.4 Å². The van der Waals surface area contributed by atoms with Gasteiger partial charge in [0.05, 0.1) is 6.61 Å². The minimum atomic E-state index is -0.559. The van der Waals surface area contributed by atoms with Gasteiger partial charge < -0.3 is 9.47 Å². The molecule has 1 aromatic rings. The molecule has 0 aliphatic carbocycles. The number of hydrogen-bond donors (Lipinski definition) is 0. The molecule has 1 aromatic carbocycles. The Morgan fingerprint density at radius 1 is 0.750 bits per heavy atom. The largest absolute Gasteiger partial charge is 0.513 e. The molecular weight excluding hydrogens is 348 g/mol. The van der Waals surface area contributed by atoms with Crippen molar-refractivity contribution < 1.29 is 14.3 Å². The van der Waals surface area contributed by atoms with E-state index >= 15 is 0 Å². The Bertz CT molecular complexity index is 525. The highest BCUT2D eigenvalue weighted by atomic mass is 16.7. The molecule has 0 saturated carbocycles. The molecule has 0 atom stereocenters. The molecule has 0 fully saturated rings. The molecule has 3 nitrogen and oxygen atoms in total. The van der Waals surface area contributed by atoms with Crippen LogP contribution < -0.4 is 4.74 Å². The third-order valence-electron chi connectivity index (χ3n) is 5.22. The van der Waals surface area contributed by atoms with Crippen molar-refractivity contribution in [1.29, 1.82) is 0 Å². The van der Waals surface area contributed by atoms with Crippen LogP contribution in [0, 0.1) is 0 Å². The Morgan fingerprint density at radius 3 is 2.07 bits per heavy atom. The summed E-state index contributed by atoms with van der Waals surface area (Å²) < 4.78 is 10.9. The van der Waals surface area contributed by atoms with E-state index in [9.17, 15) is 4.79 Å². The molecule has 0 spiro atoms. The zero-order valence-corrected chi connectivity index (χ0v) is 18.6. The van der Waals surface area contributed by atoms with Gasteiger partial charge in [0, 0.05) is 0 Å². The second-order valence-corrected chi connectivity index (χ2v) is 7.78. The minimum absolute atomic E-state index is 0.451. The average Bonchev–Trinajstić information content (AvgIpc) is 2.69. The predicted molar refractivity (Wildman–Crippen MR) is 118 cm³/mol. The van der Waals surface area contributed by atoms with E-state index in [0.717, 1.165) is 32.1 Å². The van der Waals surface area contributed by atoms with Crippen LogP contribution in [0.1, 0.15) is 109 Å². The van der Waals surface area contributed by atoms with E-state index in [2.05, 4.69) is 26.8 Å². The lowest BCUT2D eigenvalue weighted by Gasteiger charge is -2.15. The van der Waals surface area contributed by atoms with Crippen molar-refractivity contribution in [1.82, 2.24) is 0 Å². The standard InChI is InChI=1S/C25H42O3/c1-4-7-10-11-12-15-21-27-25(26)28-24-20-16-18-22(17-13-8-5-2)23(24)19-14-9-6-3/h16,18,20H,4-15,17,19,21H2,1-3H3. The van der Waals surface area contributed by atoms with E-state index in [4.69, 9.17) is 9.47 Å². The summed E-state index contributed by atoms with van der Waals surface area (Å²) in [6.45, 7) is 7.10. The van der Waals surface area contributed by atoms with Gasteiger partial charge in [0.1, 0.15) is 5.75 Å². The summed E-state index contributed by atoms with van der Waals surface area (Å²) >= 11 is 0. The van der Waals surface area contributed by atoms with Crippen LogP contribution in [0.2, 0.25) is 0 Å². The van der Waals surface area contributed by atoms with Crippen LogP contribution in [0.25, 0.3) is 0 Å². The monoisotopic (exact) mass is 390 g/mol. The summed E-state index contributed by atoms with van der Waals surface area (Å²) in [4.78, 5) is 12.2. The highest BCUT2D eigenvalue weighted by Crippen LogP contribution is 2.27. The van der Waals surface area contributed by atoms with Gasteiger partial charge in [0.25, 0.3) is 0 Å². The zero-order valence-electron chi connectivity index (χ0n) is 18.6. The maximum absolute atomic E-state index is 12.2. The molecule has 160 valence electrons. The van der Waals surface area contributed by atoms with Gasteiger partial charge in [-0.15, -0.1) is 0 Å². The molecule has 0 aliphatic heterocycles. The van der Waals surface area contributed by atoms with Crippen LogP contribution in [-0.4, -0.2) is 12.8 Å². The van der Waals surface area contributed by atoms with Crippen LogP contribution in [-0.2, 0) is 17.6 Å². The summed E-state index contributed by atoms with van der Waals surface area (Å²) in [6.07, 6.45) is 15.7.